The normalized spacial score (nSPS) is 11.0. The van der Waals surface area contributed by atoms with Crippen LogP contribution in [0.1, 0.15) is 33.3 Å². The van der Waals surface area contributed by atoms with Gasteiger partial charge in [0.15, 0.2) is 0 Å². The fraction of sp³-hybridized carbons (Fsp3) is 0.294. The molecule has 0 spiro atoms. The van der Waals surface area contributed by atoms with Gasteiger partial charge >= 0.3 is 0 Å². The predicted molar refractivity (Wildman–Crippen MR) is 78.2 cm³/mol. The lowest BCUT2D eigenvalue weighted by Gasteiger charge is -2.13. The average Bonchev–Trinajstić information content (AvgIpc) is 2.29. The van der Waals surface area contributed by atoms with Crippen molar-refractivity contribution in [3.05, 3.63) is 71.0 Å². The number of hydrogen-bond donors (Lipinski definition) is 0. The second-order valence-electron chi connectivity index (χ2n) is 4.78. The van der Waals surface area contributed by atoms with E-state index in [1.165, 1.54) is 11.1 Å². The third-order valence-corrected chi connectivity index (χ3v) is 2.50. The Morgan fingerprint density at radius 1 is 1.11 bits per heavy atom. The zero-order valence-corrected chi connectivity index (χ0v) is 11.8. The Labute approximate surface area is 110 Å². The molecule has 0 radical (unpaired) electrons. The van der Waals surface area contributed by atoms with E-state index in [4.69, 9.17) is 4.74 Å². The molecule has 96 valence electrons. The van der Waals surface area contributed by atoms with Gasteiger partial charge in [0.2, 0.25) is 0 Å². The van der Waals surface area contributed by atoms with Crippen molar-refractivity contribution in [1.82, 2.24) is 0 Å². The zero-order chi connectivity index (χ0) is 13.5. The first-order valence-corrected chi connectivity index (χ1v) is 6.19. The SMILES string of the molecule is C=C(C)/C=C(/C)C(OCc1ccccc1)=C(C)C. The van der Waals surface area contributed by atoms with Gasteiger partial charge in [0, 0.05) is 0 Å². The van der Waals surface area contributed by atoms with E-state index >= 15 is 0 Å². The summed E-state index contributed by atoms with van der Waals surface area (Å²) in [6.45, 7) is 12.7. The lowest BCUT2D eigenvalue weighted by atomic mass is 10.1. The van der Waals surface area contributed by atoms with Crippen molar-refractivity contribution in [2.45, 2.75) is 34.3 Å². The predicted octanol–water partition coefficient (Wildman–Crippen LogP) is 5.02. The van der Waals surface area contributed by atoms with Gasteiger partial charge in [-0.15, -0.1) is 0 Å². The molecule has 0 N–H and O–H groups in total. The number of allylic oxidation sites excluding steroid dienone is 4. The van der Waals surface area contributed by atoms with Gasteiger partial charge in [0.25, 0.3) is 0 Å². The highest BCUT2D eigenvalue weighted by Crippen LogP contribution is 2.19. The van der Waals surface area contributed by atoms with E-state index in [-0.39, 0.29) is 0 Å². The minimum absolute atomic E-state index is 0.600. The maximum absolute atomic E-state index is 5.92. The minimum Gasteiger partial charge on any atom is -0.489 e. The van der Waals surface area contributed by atoms with Crippen LogP contribution in [0.25, 0.3) is 0 Å². The second kappa shape index (κ2) is 6.85. The van der Waals surface area contributed by atoms with Crippen LogP contribution in [0.15, 0.2) is 65.5 Å². The molecule has 0 aliphatic heterocycles. The molecule has 0 saturated heterocycles. The molecule has 0 amide bonds. The molecule has 0 aromatic heterocycles. The van der Waals surface area contributed by atoms with Gasteiger partial charge in [-0.2, -0.15) is 0 Å². The summed E-state index contributed by atoms with van der Waals surface area (Å²) in [5.74, 6) is 0.960. The minimum atomic E-state index is 0.600. The quantitative estimate of drug-likeness (QED) is 0.520. The molecule has 0 atom stereocenters. The van der Waals surface area contributed by atoms with Gasteiger partial charge in [-0.3, -0.25) is 0 Å². The molecule has 0 saturated carbocycles. The molecule has 1 rings (SSSR count). The molecule has 0 fully saturated rings. The first-order valence-electron chi connectivity index (χ1n) is 6.19. The Bertz CT molecular complexity index is 460. The maximum Gasteiger partial charge on any atom is 0.121 e. The van der Waals surface area contributed by atoms with Crippen LogP contribution in [0.2, 0.25) is 0 Å². The van der Waals surface area contributed by atoms with Gasteiger partial charge in [0.05, 0.1) is 0 Å². The van der Waals surface area contributed by atoms with Gasteiger partial charge in [-0.1, -0.05) is 48.6 Å². The van der Waals surface area contributed by atoms with Crippen molar-refractivity contribution in [3.8, 4) is 0 Å². The Balaban J connectivity index is 2.78. The summed E-state index contributed by atoms with van der Waals surface area (Å²) in [5.41, 5.74) is 4.52. The van der Waals surface area contributed by atoms with Crippen molar-refractivity contribution in [1.29, 1.82) is 0 Å². The number of rotatable bonds is 5. The fourth-order valence-electron chi connectivity index (χ4n) is 1.82. The molecule has 1 nitrogen and oxygen atoms in total. The molecule has 0 heterocycles. The van der Waals surface area contributed by atoms with E-state index in [0.717, 1.165) is 16.9 Å². The van der Waals surface area contributed by atoms with Gasteiger partial charge in [0.1, 0.15) is 12.4 Å². The van der Waals surface area contributed by atoms with E-state index in [9.17, 15) is 0 Å². The highest BCUT2D eigenvalue weighted by atomic mass is 16.5. The summed E-state index contributed by atoms with van der Waals surface area (Å²) in [4.78, 5) is 0. The smallest absolute Gasteiger partial charge is 0.121 e. The molecular weight excluding hydrogens is 220 g/mol. The molecule has 1 heteroatoms. The van der Waals surface area contributed by atoms with Crippen molar-refractivity contribution in [3.63, 3.8) is 0 Å². The van der Waals surface area contributed by atoms with Crippen molar-refractivity contribution < 1.29 is 4.74 Å². The molecule has 0 unspecified atom stereocenters. The van der Waals surface area contributed by atoms with Crippen LogP contribution in [0.3, 0.4) is 0 Å². The monoisotopic (exact) mass is 242 g/mol. The fourth-order valence-corrected chi connectivity index (χ4v) is 1.82. The maximum atomic E-state index is 5.92. The van der Waals surface area contributed by atoms with Crippen molar-refractivity contribution >= 4 is 0 Å². The Hall–Kier alpha value is -1.76. The molecule has 0 aliphatic rings. The van der Waals surface area contributed by atoms with E-state index in [1.807, 2.05) is 31.2 Å². The van der Waals surface area contributed by atoms with Gasteiger partial charge in [-0.25, -0.2) is 0 Å². The van der Waals surface area contributed by atoms with Gasteiger partial charge in [-0.05, 0) is 44.4 Å². The highest BCUT2D eigenvalue weighted by Gasteiger charge is 2.04. The Kier molecular flexibility index (Phi) is 5.44. The lowest BCUT2D eigenvalue weighted by molar-refractivity contribution is 0.203. The van der Waals surface area contributed by atoms with Crippen LogP contribution in [-0.4, -0.2) is 0 Å². The lowest BCUT2D eigenvalue weighted by Crippen LogP contribution is -1.98. The van der Waals surface area contributed by atoms with Crippen LogP contribution in [0, 0.1) is 0 Å². The average molecular weight is 242 g/mol. The summed E-state index contributed by atoms with van der Waals surface area (Å²) in [5, 5.41) is 0. The largest absolute Gasteiger partial charge is 0.489 e. The summed E-state index contributed by atoms with van der Waals surface area (Å²) in [6.07, 6.45) is 2.05. The van der Waals surface area contributed by atoms with Gasteiger partial charge < -0.3 is 4.74 Å². The summed E-state index contributed by atoms with van der Waals surface area (Å²) >= 11 is 0. The Morgan fingerprint density at radius 2 is 1.72 bits per heavy atom. The molecule has 18 heavy (non-hydrogen) atoms. The third-order valence-electron chi connectivity index (χ3n) is 2.50. The van der Waals surface area contributed by atoms with Crippen molar-refractivity contribution in [2.75, 3.05) is 0 Å². The van der Waals surface area contributed by atoms with Crippen LogP contribution in [0.5, 0.6) is 0 Å². The zero-order valence-electron chi connectivity index (χ0n) is 11.8. The van der Waals surface area contributed by atoms with Crippen LogP contribution in [0.4, 0.5) is 0 Å². The van der Waals surface area contributed by atoms with E-state index < -0.39 is 0 Å². The standard InChI is InChI=1S/C17H22O/c1-13(2)11-15(5)17(14(3)4)18-12-16-9-7-6-8-10-16/h6-11H,1,12H2,2-5H3/b15-11-. The molecule has 0 bridgehead atoms. The second-order valence-corrected chi connectivity index (χ2v) is 4.78. The number of hydrogen-bond acceptors (Lipinski definition) is 1. The topological polar surface area (TPSA) is 9.23 Å². The van der Waals surface area contributed by atoms with E-state index in [1.54, 1.807) is 0 Å². The number of ether oxygens (including phenoxy) is 1. The van der Waals surface area contributed by atoms with Crippen LogP contribution >= 0.6 is 0 Å². The van der Waals surface area contributed by atoms with Crippen LogP contribution < -0.4 is 0 Å². The highest BCUT2D eigenvalue weighted by molar-refractivity contribution is 5.33. The Morgan fingerprint density at radius 3 is 2.22 bits per heavy atom. The van der Waals surface area contributed by atoms with E-state index in [2.05, 4.69) is 39.5 Å². The van der Waals surface area contributed by atoms with Crippen molar-refractivity contribution in [2.24, 2.45) is 0 Å². The number of benzene rings is 1. The molecule has 1 aromatic rings. The molecule has 0 aliphatic carbocycles. The first kappa shape index (κ1) is 14.3. The summed E-state index contributed by atoms with van der Waals surface area (Å²) < 4.78 is 5.92. The summed E-state index contributed by atoms with van der Waals surface area (Å²) in [6, 6.07) is 10.2. The molecule has 1 aromatic carbocycles. The first-order chi connectivity index (χ1) is 8.50. The third kappa shape index (κ3) is 4.62. The molecular formula is C17H22O. The van der Waals surface area contributed by atoms with E-state index in [0.29, 0.717) is 6.61 Å². The van der Waals surface area contributed by atoms with Crippen LogP contribution in [-0.2, 0) is 11.3 Å². The summed E-state index contributed by atoms with van der Waals surface area (Å²) in [7, 11) is 0.